The smallest absolute Gasteiger partial charge is 0.186 e. The van der Waals surface area contributed by atoms with Crippen LogP contribution in [0.3, 0.4) is 0 Å². The highest BCUT2D eigenvalue weighted by atomic mass is 79.9. The predicted molar refractivity (Wildman–Crippen MR) is 61.0 cm³/mol. The largest absolute Gasteiger partial charge is 0.288 e. The summed E-state index contributed by atoms with van der Waals surface area (Å²) in [6.45, 7) is 1.59. The fraction of sp³-hybridized carbons (Fsp3) is 0.300. The van der Waals surface area contributed by atoms with Gasteiger partial charge in [-0.2, -0.15) is 0 Å². The molecule has 70 valence electrons. The molecule has 3 heteroatoms. The van der Waals surface area contributed by atoms with Gasteiger partial charge in [-0.3, -0.25) is 4.79 Å². The highest BCUT2D eigenvalue weighted by Gasteiger charge is 1.96. The highest BCUT2D eigenvalue weighted by molar-refractivity contribution is 9.08. The van der Waals surface area contributed by atoms with Gasteiger partial charge < -0.3 is 0 Å². The van der Waals surface area contributed by atoms with Crippen LogP contribution < -0.4 is 0 Å². The number of carbonyl (C=O) groups is 1. The van der Waals surface area contributed by atoms with Gasteiger partial charge in [0, 0.05) is 18.0 Å². The van der Waals surface area contributed by atoms with Crippen molar-refractivity contribution in [3.63, 3.8) is 0 Å². The molecule has 1 aromatic carbocycles. The van der Waals surface area contributed by atoms with Crippen LogP contribution in [-0.2, 0) is 15.9 Å². The van der Waals surface area contributed by atoms with Crippen LogP contribution in [0.1, 0.15) is 18.1 Å². The third-order valence-electron chi connectivity index (χ3n) is 1.62. The number of halogens is 1. The number of carbonyl (C=O) groups excluding carboxylic acids is 1. The first-order chi connectivity index (χ1) is 6.22. The minimum atomic E-state index is 0.171. The summed E-state index contributed by atoms with van der Waals surface area (Å²) < 4.78 is 0. The first-order valence-corrected chi connectivity index (χ1v) is 6.10. The molecule has 0 N–H and O–H groups in total. The minimum absolute atomic E-state index is 0.171. The van der Waals surface area contributed by atoms with E-state index in [9.17, 15) is 4.79 Å². The molecule has 0 aliphatic rings. The maximum Gasteiger partial charge on any atom is 0.186 e. The van der Waals surface area contributed by atoms with Crippen molar-refractivity contribution in [2.75, 3.05) is 0 Å². The lowest BCUT2D eigenvalue weighted by molar-refractivity contribution is -0.109. The molecule has 0 fully saturated rings. The van der Waals surface area contributed by atoms with Crippen molar-refractivity contribution >= 4 is 32.8 Å². The molecule has 0 saturated heterocycles. The first-order valence-electron chi connectivity index (χ1n) is 3.99. The lowest BCUT2D eigenvalue weighted by Gasteiger charge is -1.99. The van der Waals surface area contributed by atoms with Crippen LogP contribution in [0.25, 0.3) is 0 Å². The summed E-state index contributed by atoms with van der Waals surface area (Å²) in [4.78, 5) is 10.7. The van der Waals surface area contributed by atoms with E-state index in [2.05, 4.69) is 40.2 Å². The van der Waals surface area contributed by atoms with Crippen molar-refractivity contribution < 1.29 is 4.79 Å². The Bertz CT molecular complexity index is 281. The Morgan fingerprint density at radius 1 is 1.31 bits per heavy atom. The molecule has 0 bridgehead atoms. The van der Waals surface area contributed by atoms with Gasteiger partial charge in [0.25, 0.3) is 0 Å². The molecule has 0 aliphatic heterocycles. The molecule has 1 aromatic rings. The zero-order chi connectivity index (χ0) is 9.68. The van der Waals surface area contributed by atoms with Crippen LogP contribution in [0.15, 0.2) is 24.3 Å². The second-order valence-corrected chi connectivity index (χ2v) is 4.44. The van der Waals surface area contributed by atoms with E-state index < -0.39 is 0 Å². The van der Waals surface area contributed by atoms with Gasteiger partial charge in [0.05, 0.1) is 0 Å². The summed E-state index contributed by atoms with van der Waals surface area (Å²) in [7, 11) is 0. The van der Waals surface area contributed by atoms with Gasteiger partial charge in [-0.15, -0.1) is 0 Å². The third kappa shape index (κ3) is 3.96. The summed E-state index contributed by atoms with van der Waals surface area (Å²) in [5.41, 5.74) is 2.46. The summed E-state index contributed by atoms with van der Waals surface area (Å²) in [6.07, 6.45) is 0. The number of alkyl halides is 1. The average molecular weight is 259 g/mol. The normalized spacial score (nSPS) is 10.0. The highest BCUT2D eigenvalue weighted by Crippen LogP contribution is 2.14. The molecule has 0 saturated carbocycles. The van der Waals surface area contributed by atoms with Crippen molar-refractivity contribution in [3.8, 4) is 0 Å². The van der Waals surface area contributed by atoms with Crippen molar-refractivity contribution in [2.24, 2.45) is 0 Å². The standard InChI is InChI=1S/C10H11BrOS/c1-8(12)13-7-10-4-2-9(6-11)3-5-10/h2-5H,6-7H2,1H3. The van der Waals surface area contributed by atoms with E-state index in [1.807, 2.05) is 0 Å². The van der Waals surface area contributed by atoms with Crippen LogP contribution in [-0.4, -0.2) is 5.12 Å². The lowest BCUT2D eigenvalue weighted by Crippen LogP contribution is -1.86. The van der Waals surface area contributed by atoms with Crippen LogP contribution in [0, 0.1) is 0 Å². The first kappa shape index (κ1) is 10.8. The molecule has 0 heterocycles. The van der Waals surface area contributed by atoms with Crippen molar-refractivity contribution in [1.82, 2.24) is 0 Å². The van der Waals surface area contributed by atoms with Gasteiger partial charge in [0.2, 0.25) is 0 Å². The van der Waals surface area contributed by atoms with Crippen LogP contribution in [0.4, 0.5) is 0 Å². The predicted octanol–water partition coefficient (Wildman–Crippen LogP) is 3.36. The molecule has 0 aliphatic carbocycles. The number of hydrogen-bond acceptors (Lipinski definition) is 2. The second kappa shape index (κ2) is 5.45. The topological polar surface area (TPSA) is 17.1 Å². The number of benzene rings is 1. The van der Waals surface area contributed by atoms with E-state index in [0.717, 1.165) is 11.1 Å². The Morgan fingerprint density at radius 3 is 2.31 bits per heavy atom. The van der Waals surface area contributed by atoms with E-state index in [4.69, 9.17) is 0 Å². The molecule has 13 heavy (non-hydrogen) atoms. The Morgan fingerprint density at radius 2 is 1.85 bits per heavy atom. The average Bonchev–Trinajstić information content (AvgIpc) is 2.15. The van der Waals surface area contributed by atoms with Crippen LogP contribution in [0.2, 0.25) is 0 Å². The minimum Gasteiger partial charge on any atom is -0.288 e. The maximum absolute atomic E-state index is 10.7. The van der Waals surface area contributed by atoms with Gasteiger partial charge >= 0.3 is 0 Å². The zero-order valence-corrected chi connectivity index (χ0v) is 9.82. The Kier molecular flexibility index (Phi) is 4.53. The summed E-state index contributed by atoms with van der Waals surface area (Å²) in [5, 5.41) is 1.05. The van der Waals surface area contributed by atoms with Gasteiger partial charge in [-0.1, -0.05) is 52.0 Å². The van der Waals surface area contributed by atoms with E-state index >= 15 is 0 Å². The molecule has 0 aromatic heterocycles. The van der Waals surface area contributed by atoms with Crippen molar-refractivity contribution in [2.45, 2.75) is 18.0 Å². The summed E-state index contributed by atoms with van der Waals surface area (Å²) in [6, 6.07) is 8.27. The molecule has 1 rings (SSSR count). The SMILES string of the molecule is CC(=O)SCc1ccc(CBr)cc1. The molecule has 0 unspecified atom stereocenters. The number of hydrogen-bond donors (Lipinski definition) is 0. The summed E-state index contributed by atoms with van der Waals surface area (Å²) >= 11 is 4.73. The quantitative estimate of drug-likeness (QED) is 0.774. The van der Waals surface area contributed by atoms with Gasteiger partial charge in [0.1, 0.15) is 0 Å². The Balaban J connectivity index is 2.54. The number of rotatable bonds is 3. The number of thioether (sulfide) groups is 1. The van der Waals surface area contributed by atoms with Crippen molar-refractivity contribution in [3.05, 3.63) is 35.4 Å². The molecule has 0 radical (unpaired) electrons. The van der Waals surface area contributed by atoms with Gasteiger partial charge in [0.15, 0.2) is 5.12 Å². The van der Waals surface area contributed by atoms with Crippen molar-refractivity contribution in [1.29, 1.82) is 0 Å². The fourth-order valence-electron chi connectivity index (χ4n) is 0.910. The molecule has 1 nitrogen and oxygen atoms in total. The molecular weight excluding hydrogens is 248 g/mol. The zero-order valence-electron chi connectivity index (χ0n) is 7.42. The van der Waals surface area contributed by atoms with E-state index in [-0.39, 0.29) is 5.12 Å². The van der Waals surface area contributed by atoms with Gasteiger partial charge in [-0.25, -0.2) is 0 Å². The molecule has 0 amide bonds. The van der Waals surface area contributed by atoms with E-state index in [0.29, 0.717) is 0 Å². The monoisotopic (exact) mass is 258 g/mol. The van der Waals surface area contributed by atoms with E-state index in [1.165, 1.54) is 22.9 Å². The Hall–Kier alpha value is -0.280. The van der Waals surface area contributed by atoms with Gasteiger partial charge in [-0.05, 0) is 11.1 Å². The molecule has 0 spiro atoms. The summed E-state index contributed by atoms with van der Waals surface area (Å²) in [5.74, 6) is 0.776. The third-order valence-corrected chi connectivity index (χ3v) is 3.15. The lowest BCUT2D eigenvalue weighted by atomic mass is 10.2. The maximum atomic E-state index is 10.7. The Labute approximate surface area is 91.0 Å². The van der Waals surface area contributed by atoms with Crippen LogP contribution >= 0.6 is 27.7 Å². The molecule has 0 atom stereocenters. The fourth-order valence-corrected chi connectivity index (χ4v) is 1.85. The van der Waals surface area contributed by atoms with E-state index in [1.54, 1.807) is 6.92 Å². The van der Waals surface area contributed by atoms with Crippen LogP contribution in [0.5, 0.6) is 0 Å². The molecular formula is C10H11BrOS. The second-order valence-electron chi connectivity index (χ2n) is 2.73.